The van der Waals surface area contributed by atoms with Crippen LogP contribution in [-0.4, -0.2) is 23.8 Å². The third-order valence-electron chi connectivity index (χ3n) is 2.18. The van der Waals surface area contributed by atoms with Gasteiger partial charge in [0.25, 0.3) is 0 Å². The first kappa shape index (κ1) is 7.53. The standard InChI is InChI=1S/C9H13N3/c1-12(7-8-4-5-8)9-3-2-6-10-11-9/h2-3,6,8H,4-5,7H2,1H3. The Morgan fingerprint density at radius 2 is 2.42 bits per heavy atom. The fraction of sp³-hybridized carbons (Fsp3) is 0.556. The number of anilines is 1. The summed E-state index contributed by atoms with van der Waals surface area (Å²) in [5.74, 6) is 1.88. The largest absolute Gasteiger partial charge is 0.358 e. The van der Waals surface area contributed by atoms with Crippen LogP contribution in [-0.2, 0) is 0 Å². The number of rotatable bonds is 3. The van der Waals surface area contributed by atoms with E-state index in [0.29, 0.717) is 0 Å². The minimum atomic E-state index is 0.900. The molecule has 1 saturated carbocycles. The highest BCUT2D eigenvalue weighted by Crippen LogP contribution is 2.30. The van der Waals surface area contributed by atoms with Crippen LogP contribution in [0, 0.1) is 5.92 Å². The first-order chi connectivity index (χ1) is 5.86. The van der Waals surface area contributed by atoms with Crippen LogP contribution in [0.3, 0.4) is 0 Å². The van der Waals surface area contributed by atoms with Gasteiger partial charge in [-0.1, -0.05) is 0 Å². The molecule has 2 rings (SSSR count). The second-order valence-corrected chi connectivity index (χ2v) is 3.41. The number of hydrogen-bond acceptors (Lipinski definition) is 3. The number of nitrogens with zero attached hydrogens (tertiary/aromatic N) is 3. The van der Waals surface area contributed by atoms with Crippen LogP contribution in [0.25, 0.3) is 0 Å². The highest BCUT2D eigenvalue weighted by atomic mass is 15.2. The summed E-state index contributed by atoms with van der Waals surface area (Å²) >= 11 is 0. The molecule has 0 saturated heterocycles. The zero-order chi connectivity index (χ0) is 8.39. The molecule has 12 heavy (non-hydrogen) atoms. The molecule has 0 radical (unpaired) electrons. The van der Waals surface area contributed by atoms with Gasteiger partial charge >= 0.3 is 0 Å². The summed E-state index contributed by atoms with van der Waals surface area (Å²) in [5, 5.41) is 7.88. The van der Waals surface area contributed by atoms with E-state index in [4.69, 9.17) is 0 Å². The Morgan fingerprint density at radius 3 is 3.00 bits per heavy atom. The summed E-state index contributed by atoms with van der Waals surface area (Å²) < 4.78 is 0. The number of aromatic nitrogens is 2. The van der Waals surface area contributed by atoms with E-state index in [9.17, 15) is 0 Å². The van der Waals surface area contributed by atoms with Gasteiger partial charge in [-0.2, -0.15) is 5.10 Å². The van der Waals surface area contributed by atoms with Crippen molar-refractivity contribution in [1.29, 1.82) is 0 Å². The van der Waals surface area contributed by atoms with E-state index in [1.807, 2.05) is 12.1 Å². The first-order valence-corrected chi connectivity index (χ1v) is 4.35. The van der Waals surface area contributed by atoms with Crippen molar-refractivity contribution in [3.8, 4) is 0 Å². The van der Waals surface area contributed by atoms with Crippen molar-refractivity contribution in [2.75, 3.05) is 18.5 Å². The van der Waals surface area contributed by atoms with Crippen LogP contribution in [0.5, 0.6) is 0 Å². The molecule has 64 valence electrons. The van der Waals surface area contributed by atoms with E-state index in [1.54, 1.807) is 6.20 Å². The molecule has 1 heterocycles. The average molecular weight is 163 g/mol. The van der Waals surface area contributed by atoms with Crippen molar-refractivity contribution in [3.05, 3.63) is 18.3 Å². The molecular formula is C9H13N3. The van der Waals surface area contributed by atoms with Gasteiger partial charge < -0.3 is 4.90 Å². The molecule has 1 fully saturated rings. The average Bonchev–Trinajstić information content (AvgIpc) is 2.90. The van der Waals surface area contributed by atoms with Crippen molar-refractivity contribution in [1.82, 2.24) is 10.2 Å². The van der Waals surface area contributed by atoms with Gasteiger partial charge in [-0.25, -0.2) is 0 Å². The van der Waals surface area contributed by atoms with Crippen molar-refractivity contribution in [3.63, 3.8) is 0 Å². The Morgan fingerprint density at radius 1 is 1.58 bits per heavy atom. The van der Waals surface area contributed by atoms with Crippen molar-refractivity contribution in [2.24, 2.45) is 5.92 Å². The lowest BCUT2D eigenvalue weighted by molar-refractivity contribution is 0.768. The molecule has 0 bridgehead atoms. The van der Waals surface area contributed by atoms with Crippen LogP contribution < -0.4 is 4.90 Å². The van der Waals surface area contributed by atoms with Gasteiger partial charge in [-0.05, 0) is 30.9 Å². The van der Waals surface area contributed by atoms with E-state index in [-0.39, 0.29) is 0 Å². The Bertz CT molecular complexity index is 243. The smallest absolute Gasteiger partial charge is 0.150 e. The predicted molar refractivity (Wildman–Crippen MR) is 48.0 cm³/mol. The molecule has 0 aromatic carbocycles. The maximum atomic E-state index is 4.04. The number of hydrogen-bond donors (Lipinski definition) is 0. The molecule has 0 spiro atoms. The Balaban J connectivity index is 1.98. The van der Waals surface area contributed by atoms with Crippen LogP contribution in [0.2, 0.25) is 0 Å². The molecule has 0 atom stereocenters. The van der Waals surface area contributed by atoms with Crippen LogP contribution in [0.15, 0.2) is 18.3 Å². The molecule has 0 amide bonds. The van der Waals surface area contributed by atoms with E-state index in [2.05, 4.69) is 22.1 Å². The second kappa shape index (κ2) is 3.09. The maximum absolute atomic E-state index is 4.04. The maximum Gasteiger partial charge on any atom is 0.150 e. The third-order valence-corrected chi connectivity index (χ3v) is 2.18. The molecule has 0 unspecified atom stereocenters. The molecule has 0 N–H and O–H groups in total. The summed E-state index contributed by atoms with van der Waals surface area (Å²) in [4.78, 5) is 2.17. The molecule has 3 heteroatoms. The first-order valence-electron chi connectivity index (χ1n) is 4.35. The minimum absolute atomic E-state index is 0.900. The second-order valence-electron chi connectivity index (χ2n) is 3.41. The third kappa shape index (κ3) is 1.72. The molecule has 0 aliphatic heterocycles. The SMILES string of the molecule is CN(CC1CC1)c1cccnn1. The Labute approximate surface area is 72.4 Å². The summed E-state index contributed by atoms with van der Waals surface area (Å²) in [6.45, 7) is 1.12. The topological polar surface area (TPSA) is 29.0 Å². The molecular weight excluding hydrogens is 150 g/mol. The van der Waals surface area contributed by atoms with Crippen LogP contribution >= 0.6 is 0 Å². The zero-order valence-electron chi connectivity index (χ0n) is 7.27. The van der Waals surface area contributed by atoms with Gasteiger partial charge in [0.15, 0.2) is 5.82 Å². The lowest BCUT2D eigenvalue weighted by atomic mass is 10.4. The van der Waals surface area contributed by atoms with Gasteiger partial charge in [0.05, 0.1) is 0 Å². The van der Waals surface area contributed by atoms with E-state index < -0.39 is 0 Å². The molecule has 1 aromatic rings. The van der Waals surface area contributed by atoms with Crippen molar-refractivity contribution < 1.29 is 0 Å². The minimum Gasteiger partial charge on any atom is -0.358 e. The Kier molecular flexibility index (Phi) is 1.94. The van der Waals surface area contributed by atoms with Gasteiger partial charge in [-0.15, -0.1) is 5.10 Å². The van der Waals surface area contributed by atoms with E-state index in [0.717, 1.165) is 18.3 Å². The summed E-state index contributed by atoms with van der Waals surface area (Å²) in [5.41, 5.74) is 0. The molecule has 3 nitrogen and oxygen atoms in total. The summed E-state index contributed by atoms with van der Waals surface area (Å²) in [7, 11) is 2.07. The van der Waals surface area contributed by atoms with Gasteiger partial charge in [0, 0.05) is 19.8 Å². The Hall–Kier alpha value is -1.12. The predicted octanol–water partition coefficient (Wildman–Crippen LogP) is 1.32. The van der Waals surface area contributed by atoms with Gasteiger partial charge in [0.1, 0.15) is 0 Å². The fourth-order valence-electron chi connectivity index (χ4n) is 1.28. The van der Waals surface area contributed by atoms with Crippen LogP contribution in [0.4, 0.5) is 5.82 Å². The summed E-state index contributed by atoms with van der Waals surface area (Å²) in [6, 6.07) is 3.92. The fourth-order valence-corrected chi connectivity index (χ4v) is 1.28. The van der Waals surface area contributed by atoms with Crippen molar-refractivity contribution >= 4 is 5.82 Å². The molecule has 1 aliphatic rings. The lowest BCUT2D eigenvalue weighted by Gasteiger charge is -2.16. The van der Waals surface area contributed by atoms with Gasteiger partial charge in [0.2, 0.25) is 0 Å². The van der Waals surface area contributed by atoms with E-state index >= 15 is 0 Å². The normalized spacial score (nSPS) is 16.1. The quantitative estimate of drug-likeness (QED) is 0.673. The van der Waals surface area contributed by atoms with Crippen molar-refractivity contribution in [2.45, 2.75) is 12.8 Å². The van der Waals surface area contributed by atoms with Crippen LogP contribution in [0.1, 0.15) is 12.8 Å². The monoisotopic (exact) mass is 163 g/mol. The highest BCUT2D eigenvalue weighted by molar-refractivity contribution is 5.35. The highest BCUT2D eigenvalue weighted by Gasteiger charge is 2.23. The molecule has 1 aliphatic carbocycles. The zero-order valence-corrected chi connectivity index (χ0v) is 7.27. The molecule has 1 aromatic heterocycles. The lowest BCUT2D eigenvalue weighted by Crippen LogP contribution is -2.21. The summed E-state index contributed by atoms with van der Waals surface area (Å²) in [6.07, 6.45) is 4.46. The van der Waals surface area contributed by atoms with E-state index in [1.165, 1.54) is 12.8 Å². The van der Waals surface area contributed by atoms with Gasteiger partial charge in [-0.3, -0.25) is 0 Å².